The Bertz CT molecular complexity index is 1130. The van der Waals surface area contributed by atoms with Crippen LogP contribution in [0.2, 0.25) is 5.02 Å². The lowest BCUT2D eigenvalue weighted by molar-refractivity contribution is 0.174. The largest absolute Gasteiger partial charge is 0.454 e. The minimum Gasteiger partial charge on any atom is -0.454 e. The molecule has 1 aromatic heterocycles. The fourth-order valence-electron chi connectivity index (χ4n) is 3.64. The van der Waals surface area contributed by atoms with Gasteiger partial charge in [0.05, 0.1) is 5.52 Å². The average molecular weight is 440 g/mol. The van der Waals surface area contributed by atoms with Crippen LogP contribution in [0.4, 0.5) is 0 Å². The van der Waals surface area contributed by atoms with Crippen LogP contribution in [-0.4, -0.2) is 28.4 Å². The van der Waals surface area contributed by atoms with Crippen molar-refractivity contribution >= 4 is 39.4 Å². The minimum absolute atomic E-state index is 0.264. The average Bonchev–Trinajstić information content (AvgIpc) is 3.20. The van der Waals surface area contributed by atoms with Crippen LogP contribution in [0.15, 0.2) is 52.5 Å². The van der Waals surface area contributed by atoms with Gasteiger partial charge < -0.3 is 14.4 Å². The second-order valence-corrected chi connectivity index (χ2v) is 8.78. The van der Waals surface area contributed by atoms with Crippen LogP contribution in [0.3, 0.4) is 0 Å². The van der Waals surface area contributed by atoms with Crippen LogP contribution in [-0.2, 0) is 13.1 Å². The van der Waals surface area contributed by atoms with E-state index in [0.717, 1.165) is 75.7 Å². The molecule has 3 heterocycles. The number of hydrogen-bond donors (Lipinski definition) is 0. The zero-order valence-corrected chi connectivity index (χ0v) is 18.3. The maximum absolute atomic E-state index is 6.44. The second-order valence-electron chi connectivity index (χ2n) is 7.42. The lowest BCUT2D eigenvalue weighted by Gasteiger charge is -2.31. The van der Waals surface area contributed by atoms with E-state index < -0.39 is 0 Å². The highest BCUT2D eigenvalue weighted by molar-refractivity contribution is 8.13. The van der Waals surface area contributed by atoms with Crippen LogP contribution < -0.4 is 9.47 Å². The van der Waals surface area contributed by atoms with Crippen LogP contribution in [0.1, 0.15) is 30.9 Å². The van der Waals surface area contributed by atoms with Gasteiger partial charge in [-0.25, -0.2) is 4.98 Å². The van der Waals surface area contributed by atoms with Crippen LogP contribution in [0, 0.1) is 0 Å². The van der Waals surface area contributed by atoms with E-state index >= 15 is 0 Å². The second kappa shape index (κ2) is 8.36. The SMILES string of the molecule is CCCCN=C1Sc2nc3cc4c(cc3cc2CN1Cc1ccccc1Cl)OCO4. The van der Waals surface area contributed by atoms with Crippen molar-refractivity contribution in [2.45, 2.75) is 37.9 Å². The van der Waals surface area contributed by atoms with Gasteiger partial charge in [0.15, 0.2) is 16.7 Å². The van der Waals surface area contributed by atoms with Gasteiger partial charge in [0.1, 0.15) is 5.03 Å². The number of benzene rings is 2. The topological polar surface area (TPSA) is 47.0 Å². The van der Waals surface area contributed by atoms with E-state index in [1.165, 1.54) is 5.56 Å². The molecule has 3 aromatic rings. The predicted molar refractivity (Wildman–Crippen MR) is 122 cm³/mol. The fourth-order valence-corrected chi connectivity index (χ4v) is 4.82. The van der Waals surface area contributed by atoms with Gasteiger partial charge in [-0.3, -0.25) is 4.99 Å². The number of ether oxygens (including phenoxy) is 2. The highest BCUT2D eigenvalue weighted by atomic mass is 35.5. The molecule has 0 saturated heterocycles. The van der Waals surface area contributed by atoms with Gasteiger partial charge in [-0.2, -0.15) is 0 Å². The third kappa shape index (κ3) is 3.82. The first kappa shape index (κ1) is 19.5. The summed E-state index contributed by atoms with van der Waals surface area (Å²) in [7, 11) is 0. The van der Waals surface area contributed by atoms with Crippen molar-refractivity contribution in [3.8, 4) is 11.5 Å². The Balaban J connectivity index is 1.51. The molecule has 0 radical (unpaired) electrons. The summed E-state index contributed by atoms with van der Waals surface area (Å²) < 4.78 is 11.1. The first-order chi connectivity index (χ1) is 14.7. The maximum atomic E-state index is 6.44. The highest BCUT2D eigenvalue weighted by Gasteiger charge is 2.25. The fraction of sp³-hybridized carbons (Fsp3) is 0.304. The molecule has 5 rings (SSSR count). The van der Waals surface area contributed by atoms with Crippen molar-refractivity contribution in [3.63, 3.8) is 0 Å². The Morgan fingerprint density at radius 1 is 1.17 bits per heavy atom. The predicted octanol–water partition coefficient (Wildman–Crippen LogP) is 5.88. The molecule has 0 saturated carbocycles. The molecule has 5 nitrogen and oxygen atoms in total. The number of unbranched alkanes of at least 4 members (excludes halogenated alkanes) is 1. The molecule has 0 unspecified atom stereocenters. The van der Waals surface area contributed by atoms with Crippen molar-refractivity contribution in [1.29, 1.82) is 0 Å². The number of pyridine rings is 1. The van der Waals surface area contributed by atoms with E-state index in [-0.39, 0.29) is 6.79 Å². The third-order valence-electron chi connectivity index (χ3n) is 5.25. The summed E-state index contributed by atoms with van der Waals surface area (Å²) in [5, 5.41) is 3.85. The quantitative estimate of drug-likeness (QED) is 0.464. The number of hydrogen-bond acceptors (Lipinski definition) is 5. The van der Waals surface area contributed by atoms with Crippen molar-refractivity contribution < 1.29 is 9.47 Å². The van der Waals surface area contributed by atoms with E-state index in [2.05, 4.69) is 24.0 Å². The number of fused-ring (bicyclic) bond motifs is 3. The first-order valence-electron chi connectivity index (χ1n) is 10.1. The Labute approximate surface area is 185 Å². The lowest BCUT2D eigenvalue weighted by Crippen LogP contribution is -2.32. The molecule has 0 fully saturated rings. The molecule has 7 heteroatoms. The van der Waals surface area contributed by atoms with Crippen LogP contribution >= 0.6 is 23.4 Å². The van der Waals surface area contributed by atoms with Gasteiger partial charge >= 0.3 is 0 Å². The van der Waals surface area contributed by atoms with Gasteiger partial charge in [0, 0.05) is 41.7 Å². The Morgan fingerprint density at radius 3 is 2.83 bits per heavy atom. The summed E-state index contributed by atoms with van der Waals surface area (Å²) >= 11 is 8.08. The van der Waals surface area contributed by atoms with E-state index in [4.69, 9.17) is 31.1 Å². The molecular weight excluding hydrogens is 418 g/mol. The molecule has 0 spiro atoms. The van der Waals surface area contributed by atoms with Crippen LogP contribution in [0.5, 0.6) is 11.5 Å². The summed E-state index contributed by atoms with van der Waals surface area (Å²) in [5.74, 6) is 1.54. The van der Waals surface area contributed by atoms with Crippen molar-refractivity contribution in [2.24, 2.45) is 4.99 Å². The van der Waals surface area contributed by atoms with E-state index in [9.17, 15) is 0 Å². The number of halogens is 1. The number of rotatable bonds is 5. The molecule has 30 heavy (non-hydrogen) atoms. The van der Waals surface area contributed by atoms with Crippen molar-refractivity contribution in [2.75, 3.05) is 13.3 Å². The van der Waals surface area contributed by atoms with E-state index in [0.29, 0.717) is 0 Å². The third-order valence-corrected chi connectivity index (χ3v) is 6.73. The molecule has 154 valence electrons. The molecule has 2 aliphatic heterocycles. The normalized spacial score (nSPS) is 16.3. The standard InChI is InChI=1S/C23H22ClN3O2S/c1-2-3-8-25-23-27(12-15-6-4-5-7-18(15)24)13-17-9-16-10-20-21(29-14-28-20)11-19(16)26-22(17)30-23/h4-7,9-11H,2-3,8,12-14H2,1H3. The molecular formula is C23H22ClN3O2S. The molecule has 0 bridgehead atoms. The maximum Gasteiger partial charge on any atom is 0.231 e. The van der Waals surface area contributed by atoms with Crippen molar-refractivity contribution in [1.82, 2.24) is 9.88 Å². The van der Waals surface area contributed by atoms with Crippen LogP contribution in [0.25, 0.3) is 10.9 Å². The number of amidine groups is 1. The number of aliphatic imine (C=N–C) groups is 1. The zero-order chi connectivity index (χ0) is 20.5. The molecule has 2 aliphatic rings. The van der Waals surface area contributed by atoms with Gasteiger partial charge in [-0.15, -0.1) is 0 Å². The van der Waals surface area contributed by atoms with Gasteiger partial charge in [-0.1, -0.05) is 43.1 Å². The number of nitrogens with zero attached hydrogens (tertiary/aromatic N) is 3. The zero-order valence-electron chi connectivity index (χ0n) is 16.7. The molecule has 0 N–H and O–H groups in total. The highest BCUT2D eigenvalue weighted by Crippen LogP contribution is 2.39. The summed E-state index contributed by atoms with van der Waals surface area (Å²) in [6, 6.07) is 14.2. The number of thioether (sulfide) groups is 1. The Morgan fingerprint density at radius 2 is 2.00 bits per heavy atom. The monoisotopic (exact) mass is 439 g/mol. The number of aromatic nitrogens is 1. The summed E-state index contributed by atoms with van der Waals surface area (Å²) in [4.78, 5) is 12.1. The Kier molecular flexibility index (Phi) is 5.44. The first-order valence-corrected chi connectivity index (χ1v) is 11.3. The molecule has 0 atom stereocenters. The minimum atomic E-state index is 0.264. The van der Waals surface area contributed by atoms with E-state index in [1.54, 1.807) is 11.8 Å². The van der Waals surface area contributed by atoms with Crippen molar-refractivity contribution in [3.05, 3.63) is 58.6 Å². The van der Waals surface area contributed by atoms with Gasteiger partial charge in [0.2, 0.25) is 6.79 Å². The van der Waals surface area contributed by atoms with Gasteiger partial charge in [-0.05, 0) is 41.9 Å². The molecule has 2 aromatic carbocycles. The summed E-state index contributed by atoms with van der Waals surface area (Å²) in [5.41, 5.74) is 3.20. The smallest absolute Gasteiger partial charge is 0.231 e. The van der Waals surface area contributed by atoms with E-state index in [1.807, 2.05) is 30.3 Å². The summed E-state index contributed by atoms with van der Waals surface area (Å²) in [6.07, 6.45) is 2.20. The summed E-state index contributed by atoms with van der Waals surface area (Å²) in [6.45, 7) is 4.73. The Hall–Kier alpha value is -2.44. The lowest BCUT2D eigenvalue weighted by atomic mass is 10.1. The molecule has 0 amide bonds. The molecule has 0 aliphatic carbocycles. The van der Waals surface area contributed by atoms with Gasteiger partial charge in [0.25, 0.3) is 0 Å².